The third-order valence-electron chi connectivity index (χ3n) is 1.69. The fraction of sp³-hybridized carbons (Fsp3) is 0.625. The van der Waals surface area contributed by atoms with E-state index >= 15 is 0 Å². The number of esters is 1. The molecule has 0 aliphatic heterocycles. The van der Waals surface area contributed by atoms with Gasteiger partial charge in [-0.1, -0.05) is 6.58 Å². The van der Waals surface area contributed by atoms with Gasteiger partial charge in [0.25, 0.3) is 0 Å². The molecule has 0 bridgehead atoms. The Hall–Kier alpha value is -0.490. The van der Waals surface area contributed by atoms with Crippen LogP contribution in [0.3, 0.4) is 0 Å². The summed E-state index contributed by atoms with van der Waals surface area (Å²) >= 11 is 0. The van der Waals surface area contributed by atoms with Crippen molar-refractivity contribution in [3.05, 3.63) is 11.6 Å². The van der Waals surface area contributed by atoms with E-state index in [0.717, 1.165) is 0 Å². The average Bonchev–Trinajstić information content (AvgIpc) is 2.13. The van der Waals surface area contributed by atoms with Gasteiger partial charge in [-0.25, -0.2) is 0 Å². The molecule has 0 aromatic carbocycles. The molecule has 0 aliphatic carbocycles. The second-order valence-electron chi connectivity index (χ2n) is 4.41. The van der Waals surface area contributed by atoms with Crippen LogP contribution < -0.4 is 0 Å². The molecule has 0 heterocycles. The van der Waals surface area contributed by atoms with Crippen molar-refractivity contribution in [3.8, 4) is 0 Å². The highest BCUT2D eigenvalue weighted by Crippen LogP contribution is 2.65. The van der Waals surface area contributed by atoms with Gasteiger partial charge in [0, 0.05) is 0 Å². The molecule has 1 unspecified atom stereocenters. The molecule has 8 nitrogen and oxygen atoms in total. The molecular formula is C8H16O8P2. The van der Waals surface area contributed by atoms with Gasteiger partial charge in [-0.05, 0) is 20.8 Å². The number of rotatable bonds is 5. The van der Waals surface area contributed by atoms with Crippen LogP contribution in [0.5, 0.6) is 0 Å². The van der Waals surface area contributed by atoms with Crippen LogP contribution >= 0.6 is 15.2 Å². The summed E-state index contributed by atoms with van der Waals surface area (Å²) in [6.45, 7) is 6.58. The molecule has 106 valence electrons. The summed E-state index contributed by atoms with van der Waals surface area (Å²) in [7, 11) is -9.70. The normalized spacial score (nSPS) is 15.9. The van der Waals surface area contributed by atoms with E-state index in [1.165, 1.54) is 0 Å². The molecular weight excluding hydrogens is 286 g/mol. The van der Waals surface area contributed by atoms with Crippen LogP contribution in [0, 0.1) is 5.41 Å². The van der Waals surface area contributed by atoms with Crippen LogP contribution in [0.4, 0.5) is 0 Å². The summed E-state index contributed by atoms with van der Waals surface area (Å²) in [4.78, 5) is 37.8. The van der Waals surface area contributed by atoms with Gasteiger partial charge < -0.3 is 19.4 Å². The standard InChI is InChI=1S/C8H16O8P2/c1-6(17(10,11)12)18(13,14)16-5-15-7(9)8(2,3)4/h1,5H2,2-4H3,(H,13,14)(H2,10,11,12). The zero-order valence-corrected chi connectivity index (χ0v) is 12.0. The van der Waals surface area contributed by atoms with E-state index in [4.69, 9.17) is 9.79 Å². The van der Waals surface area contributed by atoms with Gasteiger partial charge in [-0.2, -0.15) is 0 Å². The predicted molar refractivity (Wildman–Crippen MR) is 62.5 cm³/mol. The topological polar surface area (TPSA) is 130 Å². The van der Waals surface area contributed by atoms with Crippen LogP contribution in [0.25, 0.3) is 0 Å². The Morgan fingerprint density at radius 1 is 1.22 bits per heavy atom. The van der Waals surface area contributed by atoms with Crippen LogP contribution in [-0.2, 0) is 23.2 Å². The first-order valence-corrected chi connectivity index (χ1v) is 7.87. The van der Waals surface area contributed by atoms with Crippen molar-refractivity contribution in [2.24, 2.45) is 5.41 Å². The summed E-state index contributed by atoms with van der Waals surface area (Å²) in [5.41, 5.74) is -0.830. The fourth-order valence-electron chi connectivity index (χ4n) is 0.607. The molecule has 0 aromatic rings. The average molecular weight is 302 g/mol. The fourth-order valence-corrected chi connectivity index (χ4v) is 2.44. The largest absolute Gasteiger partial charge is 0.438 e. The van der Waals surface area contributed by atoms with Crippen molar-refractivity contribution >= 4 is 21.2 Å². The summed E-state index contributed by atoms with van der Waals surface area (Å²) < 4.78 is 30.8. The van der Waals surface area contributed by atoms with Gasteiger partial charge in [0.2, 0.25) is 6.79 Å². The first-order chi connectivity index (χ1) is 7.78. The number of carbonyl (C=O) groups excluding carboxylic acids is 1. The van der Waals surface area contributed by atoms with Crippen LogP contribution in [-0.4, -0.2) is 27.4 Å². The zero-order chi connectivity index (χ0) is 14.8. The lowest BCUT2D eigenvalue weighted by atomic mass is 9.98. The van der Waals surface area contributed by atoms with E-state index in [2.05, 4.69) is 15.8 Å². The monoisotopic (exact) mass is 302 g/mol. The first-order valence-electron chi connectivity index (χ1n) is 4.68. The van der Waals surface area contributed by atoms with Crippen molar-refractivity contribution < 1.29 is 37.9 Å². The van der Waals surface area contributed by atoms with E-state index in [1.807, 2.05) is 0 Å². The van der Waals surface area contributed by atoms with E-state index in [9.17, 15) is 18.8 Å². The second-order valence-corrected chi connectivity index (χ2v) is 8.23. The van der Waals surface area contributed by atoms with E-state index < -0.39 is 38.4 Å². The minimum absolute atomic E-state index is 0.690. The van der Waals surface area contributed by atoms with E-state index in [-0.39, 0.29) is 0 Å². The lowest BCUT2D eigenvalue weighted by Gasteiger charge is -2.18. The second kappa shape index (κ2) is 5.65. The van der Waals surface area contributed by atoms with Crippen molar-refractivity contribution in [3.63, 3.8) is 0 Å². The molecule has 0 rings (SSSR count). The maximum Gasteiger partial charge on any atom is 0.369 e. The molecule has 0 aliphatic rings. The molecule has 10 heteroatoms. The summed E-state index contributed by atoms with van der Waals surface area (Å²) in [5.74, 6) is -0.690. The van der Waals surface area contributed by atoms with Crippen molar-refractivity contribution in [2.45, 2.75) is 20.8 Å². The molecule has 0 aromatic heterocycles. The molecule has 0 saturated heterocycles. The summed E-state index contributed by atoms with van der Waals surface area (Å²) in [5, 5.41) is -1.25. The molecule has 3 N–H and O–H groups in total. The van der Waals surface area contributed by atoms with Gasteiger partial charge in [-0.15, -0.1) is 0 Å². The minimum Gasteiger partial charge on any atom is -0.438 e. The highest BCUT2D eigenvalue weighted by molar-refractivity contribution is 7.77. The van der Waals surface area contributed by atoms with Crippen LogP contribution in [0.1, 0.15) is 20.8 Å². The smallest absolute Gasteiger partial charge is 0.369 e. The van der Waals surface area contributed by atoms with E-state index in [0.29, 0.717) is 0 Å². The number of ether oxygens (including phenoxy) is 1. The Labute approximate surface area is 104 Å². The van der Waals surface area contributed by atoms with Gasteiger partial charge in [0.15, 0.2) is 0 Å². The molecule has 18 heavy (non-hydrogen) atoms. The molecule has 1 atom stereocenters. The van der Waals surface area contributed by atoms with Crippen LogP contribution in [0.2, 0.25) is 0 Å². The minimum atomic E-state index is -4.95. The lowest BCUT2D eigenvalue weighted by Crippen LogP contribution is -2.23. The Morgan fingerprint density at radius 2 is 1.67 bits per heavy atom. The Morgan fingerprint density at radius 3 is 2.00 bits per heavy atom. The number of hydrogen-bond acceptors (Lipinski definition) is 5. The zero-order valence-electron chi connectivity index (χ0n) is 10.2. The Balaban J connectivity index is 4.48. The Bertz CT molecular complexity index is 429. The van der Waals surface area contributed by atoms with Gasteiger partial charge >= 0.3 is 21.2 Å². The van der Waals surface area contributed by atoms with Gasteiger partial charge in [0.1, 0.15) is 5.06 Å². The van der Waals surface area contributed by atoms with Gasteiger partial charge in [0.05, 0.1) is 5.41 Å². The van der Waals surface area contributed by atoms with Crippen LogP contribution in [0.15, 0.2) is 11.6 Å². The van der Waals surface area contributed by atoms with Crippen molar-refractivity contribution in [1.82, 2.24) is 0 Å². The maximum atomic E-state index is 11.3. The highest BCUT2D eigenvalue weighted by atomic mass is 31.2. The van der Waals surface area contributed by atoms with Crippen molar-refractivity contribution in [2.75, 3.05) is 6.79 Å². The molecule has 0 spiro atoms. The molecule has 0 radical (unpaired) electrons. The highest BCUT2D eigenvalue weighted by Gasteiger charge is 2.37. The predicted octanol–water partition coefficient (Wildman–Crippen LogP) is 1.38. The first kappa shape index (κ1) is 17.5. The molecule has 0 fully saturated rings. The SMILES string of the molecule is C=C(P(=O)(O)O)P(=O)(O)OCOC(=O)C(C)(C)C. The summed E-state index contributed by atoms with van der Waals surface area (Å²) in [6.07, 6.45) is 0. The quantitative estimate of drug-likeness (QED) is 0.394. The van der Waals surface area contributed by atoms with Crippen molar-refractivity contribution in [1.29, 1.82) is 0 Å². The third-order valence-corrected chi connectivity index (χ3v) is 5.01. The molecule has 0 amide bonds. The van der Waals surface area contributed by atoms with E-state index in [1.54, 1.807) is 20.8 Å². The third kappa shape index (κ3) is 5.44. The number of carbonyl (C=O) groups is 1. The number of hydrogen-bond donors (Lipinski definition) is 3. The Kier molecular flexibility index (Phi) is 5.50. The maximum absolute atomic E-state index is 11.3. The lowest BCUT2D eigenvalue weighted by molar-refractivity contribution is -0.159. The molecule has 0 saturated carbocycles. The summed E-state index contributed by atoms with van der Waals surface area (Å²) in [6, 6.07) is 0. The van der Waals surface area contributed by atoms with Gasteiger partial charge in [-0.3, -0.25) is 18.4 Å².